The Morgan fingerprint density at radius 3 is 1.32 bits per heavy atom. The van der Waals surface area contributed by atoms with Crippen molar-refractivity contribution in [2.75, 3.05) is 28.4 Å². The minimum atomic E-state index is -0.384. The number of H-pyrrole nitrogens is 1. The van der Waals surface area contributed by atoms with Gasteiger partial charge in [-0.3, -0.25) is 9.98 Å². The Bertz CT molecular complexity index is 3470. The molecule has 8 atom stereocenters. The number of benzene rings is 4. The van der Waals surface area contributed by atoms with Crippen LogP contribution in [0.4, 0.5) is 0 Å². The number of aromatic nitrogens is 1. The molecule has 3 aliphatic heterocycles. The van der Waals surface area contributed by atoms with Gasteiger partial charge in [-0.05, 0) is 152 Å². The molecular formula is C68H70N4O8. The normalized spacial score (nSPS) is 28.4. The zero-order valence-corrected chi connectivity index (χ0v) is 46.3. The predicted molar refractivity (Wildman–Crippen MR) is 308 cm³/mol. The summed E-state index contributed by atoms with van der Waals surface area (Å²) in [5.74, 6) is -0.696. The Morgan fingerprint density at radius 1 is 0.438 bits per heavy atom. The molecular weight excluding hydrogens is 1000 g/mol. The first-order chi connectivity index (χ1) is 39.2. The molecule has 5 aromatic rings. The quantitative estimate of drug-likeness (QED) is 0.114. The summed E-state index contributed by atoms with van der Waals surface area (Å²) in [4.78, 5) is 69.0. The van der Waals surface area contributed by atoms with Gasteiger partial charge in [-0.15, -0.1) is 0 Å². The summed E-state index contributed by atoms with van der Waals surface area (Å²) in [5.41, 5.74) is 19.8. The van der Waals surface area contributed by atoms with Crippen molar-refractivity contribution < 1.29 is 38.1 Å². The van der Waals surface area contributed by atoms with Gasteiger partial charge in [-0.25, -0.2) is 19.2 Å². The average Bonchev–Trinajstić information content (AvgIpc) is 4.42. The first-order valence-corrected chi connectivity index (χ1v) is 29.3. The molecule has 4 heterocycles. The van der Waals surface area contributed by atoms with E-state index in [1.54, 1.807) is 0 Å². The Kier molecular flexibility index (Phi) is 13.9. The molecule has 80 heavy (non-hydrogen) atoms. The van der Waals surface area contributed by atoms with Crippen LogP contribution in [0.2, 0.25) is 0 Å². The Hall–Kier alpha value is -7.60. The molecule has 8 bridgehead atoms. The van der Waals surface area contributed by atoms with Crippen molar-refractivity contribution in [2.45, 2.75) is 115 Å². The number of methoxy groups -OCH3 is 4. The molecule has 0 spiro atoms. The van der Waals surface area contributed by atoms with Crippen LogP contribution < -0.4 is 5.32 Å². The second kappa shape index (κ2) is 21.5. The molecule has 2 N–H and O–H groups in total. The Morgan fingerprint density at radius 2 is 0.838 bits per heavy atom. The highest BCUT2D eigenvalue weighted by Gasteiger charge is 2.52. The molecule has 12 heteroatoms. The lowest BCUT2D eigenvalue weighted by Crippen LogP contribution is -2.41. The number of carbonyl (C=O) groups is 4. The van der Waals surface area contributed by atoms with E-state index in [1.807, 2.05) is 48.5 Å². The summed E-state index contributed by atoms with van der Waals surface area (Å²) in [7, 11) is 5.70. The summed E-state index contributed by atoms with van der Waals surface area (Å²) in [6.07, 6.45) is 16.5. The van der Waals surface area contributed by atoms with Crippen molar-refractivity contribution in [3.63, 3.8) is 0 Å². The highest BCUT2D eigenvalue weighted by atomic mass is 16.5. The van der Waals surface area contributed by atoms with Crippen molar-refractivity contribution in [3.8, 4) is 0 Å². The minimum absolute atomic E-state index is 0.0482. The number of nitrogens with one attached hydrogen (secondary N) is 2. The van der Waals surface area contributed by atoms with Gasteiger partial charge in [0.1, 0.15) is 0 Å². The van der Waals surface area contributed by atoms with E-state index in [1.165, 1.54) is 51.0 Å². The van der Waals surface area contributed by atoms with Crippen molar-refractivity contribution in [3.05, 3.63) is 181 Å². The zero-order chi connectivity index (χ0) is 54.8. The first-order valence-electron chi connectivity index (χ1n) is 29.3. The van der Waals surface area contributed by atoms with Crippen LogP contribution >= 0.6 is 0 Å². The van der Waals surface area contributed by atoms with Crippen LogP contribution in [0.15, 0.2) is 124 Å². The molecule has 410 valence electrons. The van der Waals surface area contributed by atoms with E-state index in [9.17, 15) is 19.2 Å². The second-order valence-electron chi connectivity index (χ2n) is 23.4. The van der Waals surface area contributed by atoms with Crippen molar-refractivity contribution in [2.24, 2.45) is 45.5 Å². The number of allylic oxidation sites excluding steroid dienone is 4. The molecule has 4 fully saturated rings. The highest BCUT2D eigenvalue weighted by Crippen LogP contribution is 2.57. The van der Waals surface area contributed by atoms with Gasteiger partial charge in [0, 0.05) is 69.7 Å². The van der Waals surface area contributed by atoms with Gasteiger partial charge in [-0.1, -0.05) is 87.1 Å². The Labute approximate surface area is 468 Å². The fourth-order valence-corrected chi connectivity index (χ4v) is 15.8. The van der Waals surface area contributed by atoms with Crippen LogP contribution in [-0.2, 0) is 31.8 Å². The number of carbonyl (C=O) groups excluding carboxylic acids is 4. The van der Waals surface area contributed by atoms with Crippen LogP contribution in [0, 0.1) is 35.5 Å². The smallest absolute Gasteiger partial charge is 0.337 e. The molecule has 4 aromatic carbocycles. The zero-order valence-electron chi connectivity index (χ0n) is 46.3. The molecule has 0 radical (unpaired) electrons. The largest absolute Gasteiger partial charge is 0.465 e. The highest BCUT2D eigenvalue weighted by molar-refractivity contribution is 6.27. The SMILES string of the molecule is COC(=O)c1ccc(/C2=C3/NC(C(c4ccc(C(=O)OC)cc4)C4=N/C(=C(/c5ccc(C(=O)OC)cc5)c5[nH]c(c6c5CCCC6)/C(c5ccc(C(=O)OC)cc5)=C5N=C2C2CCCCC\52)C2CCCCC42)C2CCCCC32)cc1. The monoisotopic (exact) mass is 1070 g/mol. The van der Waals surface area contributed by atoms with E-state index >= 15 is 0 Å². The van der Waals surface area contributed by atoms with Gasteiger partial charge in [0.2, 0.25) is 0 Å². The number of aromatic amines is 1. The second-order valence-corrected chi connectivity index (χ2v) is 23.4. The number of esters is 4. The van der Waals surface area contributed by atoms with Crippen LogP contribution in [0.1, 0.15) is 182 Å². The molecule has 13 rings (SSSR count). The maximum atomic E-state index is 13.1. The third-order valence-corrected chi connectivity index (χ3v) is 19.4. The van der Waals surface area contributed by atoms with Gasteiger partial charge < -0.3 is 29.2 Å². The number of rotatable bonds is 8. The van der Waals surface area contributed by atoms with Gasteiger partial charge >= 0.3 is 23.9 Å². The van der Waals surface area contributed by atoms with E-state index in [0.717, 1.165) is 170 Å². The summed E-state index contributed by atoms with van der Waals surface area (Å²) in [5, 5.41) is 4.45. The molecule has 3 saturated carbocycles. The molecule has 1 saturated heterocycles. The fraction of sp³-hybridized carbons (Fsp3) is 0.412. The van der Waals surface area contributed by atoms with E-state index in [2.05, 4.69) is 58.8 Å². The Balaban J connectivity index is 1.17. The average molecular weight is 1070 g/mol. The van der Waals surface area contributed by atoms with Gasteiger partial charge in [0.15, 0.2) is 0 Å². The predicted octanol–water partition coefficient (Wildman–Crippen LogP) is 13.1. The topological polar surface area (TPSA) is 158 Å². The van der Waals surface area contributed by atoms with Crippen molar-refractivity contribution in [1.29, 1.82) is 0 Å². The molecule has 1 aromatic heterocycles. The summed E-state index contributed by atoms with van der Waals surface area (Å²) in [6.45, 7) is 0. The van der Waals surface area contributed by atoms with E-state index in [-0.39, 0.29) is 71.3 Å². The third kappa shape index (κ3) is 8.79. The van der Waals surface area contributed by atoms with E-state index < -0.39 is 0 Å². The van der Waals surface area contributed by atoms with Crippen molar-refractivity contribution in [1.82, 2.24) is 10.3 Å². The van der Waals surface area contributed by atoms with Gasteiger partial charge in [0.05, 0.1) is 79.2 Å². The summed E-state index contributed by atoms with van der Waals surface area (Å²) >= 11 is 0. The summed E-state index contributed by atoms with van der Waals surface area (Å²) in [6, 6.07) is 32.0. The molecule has 8 unspecified atom stereocenters. The number of ether oxygens (including phenoxy) is 4. The lowest BCUT2D eigenvalue weighted by atomic mass is 9.67. The number of hydrogen-bond donors (Lipinski definition) is 2. The standard InChI is InChI=1S/C68H70N4O8/c1-77-65(73)41-29-21-37(22-30-41)53-57-45-13-5-7-15-47(45)59(69-57)54(38-23-31-42(32-24-38)66(74)78-2)61-49-17-9-11-19-51(49)63(71-61)56(40-27-35-44(36-28-40)68(76)80-4)64-52-20-12-10-18-50(52)62(72-64)55(39-25-33-43(34-26-39)67(75)79-3)60-48-16-8-6-14-46(48)58(53)70-60/h21-36,45-49,51,53,57,69,72H,5-20H2,1-4H3/b59-54-,60-55-,63-56-. The first kappa shape index (κ1) is 51.8. The molecule has 0 amide bonds. The molecule has 12 nitrogen and oxygen atoms in total. The molecule has 5 aliphatic carbocycles. The molecule has 8 aliphatic rings. The van der Waals surface area contributed by atoms with Crippen molar-refractivity contribution >= 4 is 52.0 Å². The van der Waals surface area contributed by atoms with Crippen LogP contribution in [0.5, 0.6) is 0 Å². The van der Waals surface area contributed by atoms with E-state index in [4.69, 9.17) is 28.9 Å². The van der Waals surface area contributed by atoms with Crippen LogP contribution in [0.3, 0.4) is 0 Å². The summed E-state index contributed by atoms with van der Waals surface area (Å²) < 4.78 is 21.0. The fourth-order valence-electron chi connectivity index (χ4n) is 15.8. The van der Waals surface area contributed by atoms with Gasteiger partial charge in [0.25, 0.3) is 0 Å². The lowest BCUT2D eigenvalue weighted by molar-refractivity contribution is 0.0592. The van der Waals surface area contributed by atoms with Gasteiger partial charge in [-0.2, -0.15) is 0 Å². The minimum Gasteiger partial charge on any atom is -0.465 e. The van der Waals surface area contributed by atoms with Crippen LogP contribution in [-0.4, -0.2) is 74.8 Å². The van der Waals surface area contributed by atoms with E-state index in [0.29, 0.717) is 22.3 Å². The number of nitrogens with zero attached hydrogens (tertiary/aromatic N) is 2. The number of hydrogen-bond acceptors (Lipinski definition) is 11. The maximum Gasteiger partial charge on any atom is 0.337 e. The van der Waals surface area contributed by atoms with Crippen LogP contribution in [0.25, 0.3) is 16.7 Å². The number of aliphatic imine (C=N–C) groups is 2. The third-order valence-electron chi connectivity index (χ3n) is 19.4. The maximum absolute atomic E-state index is 13.1. The lowest BCUT2D eigenvalue weighted by Gasteiger charge is -2.36.